The second-order valence-corrected chi connectivity index (χ2v) is 6.18. The van der Waals surface area contributed by atoms with Gasteiger partial charge in [0.1, 0.15) is 0 Å². The average molecular weight is 290 g/mol. The minimum absolute atomic E-state index is 0.419. The summed E-state index contributed by atoms with van der Waals surface area (Å²) in [6.45, 7) is 5.63. The van der Waals surface area contributed by atoms with E-state index in [0.29, 0.717) is 6.54 Å². The predicted molar refractivity (Wildman–Crippen MR) is 84.4 cm³/mol. The fourth-order valence-corrected chi connectivity index (χ4v) is 3.44. The van der Waals surface area contributed by atoms with Crippen molar-refractivity contribution in [1.82, 2.24) is 4.90 Å². The third-order valence-electron chi connectivity index (χ3n) is 2.84. The van der Waals surface area contributed by atoms with Crippen LogP contribution in [0.1, 0.15) is 22.2 Å². The molecule has 2 heterocycles. The standard InChI is InChI=1S/C15H18N2S2/c1-2-17(11-14-6-4-9-18-14)12-15-13(5-3-8-16)7-10-19-15/h4,6-7,9-10H,2,8,11-12,16H2,1H3. The summed E-state index contributed by atoms with van der Waals surface area (Å²) in [6.07, 6.45) is 0. The SMILES string of the molecule is CCN(Cc1cccs1)Cc1sccc1C#CCN. The summed E-state index contributed by atoms with van der Waals surface area (Å²) < 4.78 is 0. The summed E-state index contributed by atoms with van der Waals surface area (Å²) >= 11 is 3.59. The van der Waals surface area contributed by atoms with Gasteiger partial charge in [0.2, 0.25) is 0 Å². The molecule has 19 heavy (non-hydrogen) atoms. The number of hydrogen-bond acceptors (Lipinski definition) is 4. The lowest BCUT2D eigenvalue weighted by molar-refractivity contribution is 0.276. The second-order valence-electron chi connectivity index (χ2n) is 4.15. The Kier molecular flexibility index (Phi) is 5.62. The second kappa shape index (κ2) is 7.46. The van der Waals surface area contributed by atoms with Crippen LogP contribution in [0.3, 0.4) is 0 Å². The van der Waals surface area contributed by atoms with Gasteiger partial charge in [-0.2, -0.15) is 0 Å². The summed E-state index contributed by atoms with van der Waals surface area (Å²) in [7, 11) is 0. The quantitative estimate of drug-likeness (QED) is 0.857. The van der Waals surface area contributed by atoms with Gasteiger partial charge in [0.15, 0.2) is 0 Å². The summed E-state index contributed by atoms with van der Waals surface area (Å²) in [4.78, 5) is 5.18. The molecule has 0 aliphatic heterocycles. The minimum atomic E-state index is 0.419. The third-order valence-corrected chi connectivity index (χ3v) is 4.61. The minimum Gasteiger partial charge on any atom is -0.320 e. The van der Waals surface area contributed by atoms with Gasteiger partial charge in [0.25, 0.3) is 0 Å². The van der Waals surface area contributed by atoms with Crippen molar-refractivity contribution in [1.29, 1.82) is 0 Å². The third kappa shape index (κ3) is 4.19. The highest BCUT2D eigenvalue weighted by atomic mass is 32.1. The van der Waals surface area contributed by atoms with E-state index in [2.05, 4.69) is 52.6 Å². The lowest BCUT2D eigenvalue weighted by Gasteiger charge is -2.19. The van der Waals surface area contributed by atoms with Crippen molar-refractivity contribution < 1.29 is 0 Å². The molecule has 0 fully saturated rings. The molecule has 2 nitrogen and oxygen atoms in total. The Hall–Kier alpha value is -1.12. The first-order chi connectivity index (χ1) is 9.33. The van der Waals surface area contributed by atoms with Crippen LogP contribution >= 0.6 is 22.7 Å². The van der Waals surface area contributed by atoms with Crippen LogP contribution < -0.4 is 5.73 Å². The predicted octanol–water partition coefficient (Wildman–Crippen LogP) is 3.14. The zero-order chi connectivity index (χ0) is 13.5. The van der Waals surface area contributed by atoms with Crippen molar-refractivity contribution >= 4 is 22.7 Å². The van der Waals surface area contributed by atoms with Gasteiger partial charge in [0, 0.05) is 28.4 Å². The van der Waals surface area contributed by atoms with E-state index in [4.69, 9.17) is 5.73 Å². The number of nitrogens with two attached hydrogens (primary N) is 1. The topological polar surface area (TPSA) is 29.3 Å². The molecule has 4 heteroatoms. The van der Waals surface area contributed by atoms with Crippen molar-refractivity contribution in [2.24, 2.45) is 5.73 Å². The molecule has 0 spiro atoms. The molecule has 0 amide bonds. The molecule has 0 saturated heterocycles. The van der Waals surface area contributed by atoms with Crippen LogP contribution in [-0.2, 0) is 13.1 Å². The van der Waals surface area contributed by atoms with Gasteiger partial charge in [-0.3, -0.25) is 4.90 Å². The molecule has 0 aliphatic carbocycles. The van der Waals surface area contributed by atoms with Crippen LogP contribution in [-0.4, -0.2) is 18.0 Å². The summed E-state index contributed by atoms with van der Waals surface area (Å²) in [6, 6.07) is 6.38. The lowest BCUT2D eigenvalue weighted by atomic mass is 10.2. The number of nitrogens with zero attached hydrogens (tertiary/aromatic N) is 1. The molecule has 0 aromatic carbocycles. The molecule has 100 valence electrons. The van der Waals surface area contributed by atoms with Crippen molar-refractivity contribution in [3.63, 3.8) is 0 Å². The van der Waals surface area contributed by atoms with Gasteiger partial charge < -0.3 is 5.73 Å². The monoisotopic (exact) mass is 290 g/mol. The van der Waals surface area contributed by atoms with Crippen molar-refractivity contribution in [2.75, 3.05) is 13.1 Å². The fourth-order valence-electron chi connectivity index (χ4n) is 1.83. The van der Waals surface area contributed by atoms with Crippen LogP contribution in [0, 0.1) is 11.8 Å². The summed E-state index contributed by atoms with van der Waals surface area (Å²) in [5, 5.41) is 4.24. The Balaban J connectivity index is 2.04. The molecule has 2 aromatic rings. The Morgan fingerprint density at radius 1 is 1.21 bits per heavy atom. The van der Waals surface area contributed by atoms with Crippen molar-refractivity contribution in [3.8, 4) is 11.8 Å². The van der Waals surface area contributed by atoms with Crippen molar-refractivity contribution in [2.45, 2.75) is 20.0 Å². The highest BCUT2D eigenvalue weighted by Crippen LogP contribution is 2.20. The maximum Gasteiger partial charge on any atom is 0.0555 e. The maximum atomic E-state index is 5.43. The average Bonchev–Trinajstić information content (AvgIpc) is 3.07. The number of thiophene rings is 2. The molecule has 2 rings (SSSR count). The van der Waals surface area contributed by atoms with Gasteiger partial charge in [-0.05, 0) is 29.4 Å². The zero-order valence-electron chi connectivity index (χ0n) is 11.1. The van der Waals surface area contributed by atoms with Crippen molar-refractivity contribution in [3.05, 3.63) is 44.3 Å². The molecule has 0 atom stereocenters. The van der Waals surface area contributed by atoms with E-state index in [9.17, 15) is 0 Å². The van der Waals surface area contributed by atoms with E-state index in [1.807, 2.05) is 11.3 Å². The number of rotatable bonds is 5. The highest BCUT2D eigenvalue weighted by molar-refractivity contribution is 7.10. The first-order valence-corrected chi connectivity index (χ1v) is 8.09. The van der Waals surface area contributed by atoms with Gasteiger partial charge >= 0.3 is 0 Å². The fraction of sp³-hybridized carbons (Fsp3) is 0.333. The molecule has 0 unspecified atom stereocenters. The van der Waals surface area contributed by atoms with E-state index in [1.54, 1.807) is 11.3 Å². The first kappa shape index (κ1) is 14.3. The molecular formula is C15H18N2S2. The van der Waals surface area contributed by atoms with E-state index in [1.165, 1.54) is 9.75 Å². The van der Waals surface area contributed by atoms with E-state index in [0.717, 1.165) is 25.2 Å². The highest BCUT2D eigenvalue weighted by Gasteiger charge is 2.09. The molecule has 0 aliphatic rings. The normalized spacial score (nSPS) is 10.5. The Morgan fingerprint density at radius 2 is 2.11 bits per heavy atom. The van der Waals surface area contributed by atoms with Gasteiger partial charge in [-0.25, -0.2) is 0 Å². The zero-order valence-corrected chi connectivity index (χ0v) is 12.7. The molecule has 0 radical (unpaired) electrons. The van der Waals surface area contributed by atoms with Gasteiger partial charge in [-0.1, -0.05) is 24.8 Å². The summed E-state index contributed by atoms with van der Waals surface area (Å²) in [5.41, 5.74) is 6.56. The smallest absolute Gasteiger partial charge is 0.0555 e. The Morgan fingerprint density at radius 3 is 2.79 bits per heavy atom. The molecule has 2 N–H and O–H groups in total. The molecule has 0 bridgehead atoms. The maximum absolute atomic E-state index is 5.43. The van der Waals surface area contributed by atoms with Crippen LogP contribution in [0.15, 0.2) is 29.0 Å². The van der Waals surface area contributed by atoms with Gasteiger partial charge in [-0.15, -0.1) is 22.7 Å². The summed E-state index contributed by atoms with van der Waals surface area (Å²) in [5.74, 6) is 6.09. The Bertz CT molecular complexity index is 546. The molecule has 0 saturated carbocycles. The number of hydrogen-bond donors (Lipinski definition) is 1. The largest absolute Gasteiger partial charge is 0.320 e. The van der Waals surface area contributed by atoms with Crippen LogP contribution in [0.5, 0.6) is 0 Å². The Labute approximate surface area is 122 Å². The van der Waals surface area contributed by atoms with E-state index < -0.39 is 0 Å². The lowest BCUT2D eigenvalue weighted by Crippen LogP contribution is -2.21. The van der Waals surface area contributed by atoms with Crippen LogP contribution in [0.4, 0.5) is 0 Å². The first-order valence-electron chi connectivity index (χ1n) is 6.33. The van der Waals surface area contributed by atoms with Crippen LogP contribution in [0.2, 0.25) is 0 Å². The molecule has 2 aromatic heterocycles. The van der Waals surface area contributed by atoms with E-state index >= 15 is 0 Å². The molecular weight excluding hydrogens is 272 g/mol. The van der Waals surface area contributed by atoms with Gasteiger partial charge in [0.05, 0.1) is 6.54 Å². The van der Waals surface area contributed by atoms with E-state index in [-0.39, 0.29) is 0 Å². The van der Waals surface area contributed by atoms with Crippen LogP contribution in [0.25, 0.3) is 0 Å².